The topological polar surface area (TPSA) is 73.6 Å². The second kappa shape index (κ2) is 7.83. The predicted octanol–water partition coefficient (Wildman–Crippen LogP) is 4.56. The summed E-state index contributed by atoms with van der Waals surface area (Å²) in [7, 11) is 1.45. The van der Waals surface area contributed by atoms with Gasteiger partial charge in [0.2, 0.25) is 0 Å². The molecule has 128 valence electrons. The van der Waals surface area contributed by atoms with Gasteiger partial charge in [-0.3, -0.25) is 4.79 Å². The average Bonchev–Trinajstić information content (AvgIpc) is 2.48. The molecular weight excluding hydrogens is 375 g/mol. The number of nitrogens with two attached hydrogens (primary N) is 1. The van der Waals surface area contributed by atoms with E-state index < -0.39 is 5.91 Å². The average molecular weight is 390 g/mol. The SMILES string of the molecule is COc1cc(N)cc(Cl)c1NC(=O)COc1c(C)cc(Cl)cc1Cl. The lowest BCUT2D eigenvalue weighted by Crippen LogP contribution is -2.21. The van der Waals surface area contributed by atoms with Crippen LogP contribution in [0.2, 0.25) is 15.1 Å². The number of halogens is 3. The maximum Gasteiger partial charge on any atom is 0.262 e. The van der Waals surface area contributed by atoms with E-state index in [0.717, 1.165) is 5.56 Å². The first-order valence-corrected chi connectivity index (χ1v) is 7.96. The molecule has 2 aromatic carbocycles. The Hall–Kier alpha value is -1.82. The molecule has 0 bridgehead atoms. The molecule has 0 unspecified atom stereocenters. The van der Waals surface area contributed by atoms with E-state index in [9.17, 15) is 4.79 Å². The number of carbonyl (C=O) groups excluding carboxylic acids is 1. The van der Waals surface area contributed by atoms with Gasteiger partial charge in [0.1, 0.15) is 17.2 Å². The van der Waals surface area contributed by atoms with Crippen molar-refractivity contribution in [2.24, 2.45) is 0 Å². The Morgan fingerprint density at radius 2 is 1.88 bits per heavy atom. The number of methoxy groups -OCH3 is 1. The Labute approximate surface area is 154 Å². The molecule has 0 aliphatic rings. The van der Waals surface area contributed by atoms with Gasteiger partial charge in [0.25, 0.3) is 5.91 Å². The van der Waals surface area contributed by atoms with Crippen molar-refractivity contribution in [1.82, 2.24) is 0 Å². The van der Waals surface area contributed by atoms with Crippen LogP contribution in [0.15, 0.2) is 24.3 Å². The molecule has 0 aliphatic heterocycles. The number of nitrogens with one attached hydrogen (secondary N) is 1. The number of nitrogen functional groups attached to an aromatic ring is 1. The summed E-state index contributed by atoms with van der Waals surface area (Å²) in [5.74, 6) is 0.325. The van der Waals surface area contributed by atoms with Crippen molar-refractivity contribution in [3.05, 3.63) is 44.9 Å². The largest absolute Gasteiger partial charge is 0.494 e. The molecule has 0 aromatic heterocycles. The third-order valence-corrected chi connectivity index (χ3v) is 3.90. The molecule has 0 heterocycles. The van der Waals surface area contributed by atoms with Crippen LogP contribution in [-0.4, -0.2) is 19.6 Å². The van der Waals surface area contributed by atoms with Crippen molar-refractivity contribution in [1.29, 1.82) is 0 Å². The first kappa shape index (κ1) is 18.5. The number of ether oxygens (including phenoxy) is 2. The monoisotopic (exact) mass is 388 g/mol. The van der Waals surface area contributed by atoms with E-state index >= 15 is 0 Å². The van der Waals surface area contributed by atoms with Crippen LogP contribution >= 0.6 is 34.8 Å². The number of carbonyl (C=O) groups is 1. The highest BCUT2D eigenvalue weighted by Crippen LogP contribution is 2.35. The van der Waals surface area contributed by atoms with Gasteiger partial charge in [-0.15, -0.1) is 0 Å². The Morgan fingerprint density at radius 1 is 1.17 bits per heavy atom. The summed E-state index contributed by atoms with van der Waals surface area (Å²) >= 11 is 18.1. The van der Waals surface area contributed by atoms with E-state index in [1.54, 1.807) is 25.1 Å². The van der Waals surface area contributed by atoms with Crippen molar-refractivity contribution in [3.8, 4) is 11.5 Å². The lowest BCUT2D eigenvalue weighted by Gasteiger charge is -2.14. The van der Waals surface area contributed by atoms with Gasteiger partial charge in [-0.25, -0.2) is 0 Å². The number of benzene rings is 2. The highest BCUT2D eigenvalue weighted by Gasteiger charge is 2.15. The summed E-state index contributed by atoms with van der Waals surface area (Å²) in [6.07, 6.45) is 0. The van der Waals surface area contributed by atoms with Gasteiger partial charge in [0, 0.05) is 16.8 Å². The summed E-state index contributed by atoms with van der Waals surface area (Å²) in [5, 5.41) is 3.72. The fourth-order valence-corrected chi connectivity index (χ4v) is 2.98. The molecular formula is C16H15Cl3N2O3. The van der Waals surface area contributed by atoms with Crippen LogP contribution in [0.3, 0.4) is 0 Å². The number of aryl methyl sites for hydroxylation is 1. The van der Waals surface area contributed by atoms with Gasteiger partial charge in [-0.1, -0.05) is 34.8 Å². The number of amides is 1. The van der Waals surface area contributed by atoms with E-state index in [0.29, 0.717) is 32.9 Å². The van der Waals surface area contributed by atoms with Gasteiger partial charge in [-0.2, -0.15) is 0 Å². The van der Waals surface area contributed by atoms with Crippen molar-refractivity contribution >= 4 is 52.1 Å². The van der Waals surface area contributed by atoms with E-state index in [1.807, 2.05) is 0 Å². The molecule has 0 saturated heterocycles. The van der Waals surface area contributed by atoms with Crippen LogP contribution in [0.1, 0.15) is 5.56 Å². The number of rotatable bonds is 5. The predicted molar refractivity (Wildman–Crippen MR) is 97.7 cm³/mol. The maximum atomic E-state index is 12.1. The standard InChI is InChI=1S/C16H15Cl3N2O3/c1-8-3-9(17)4-12(19)16(8)24-7-14(22)21-15-11(18)5-10(20)6-13(15)23-2/h3-6H,7,20H2,1-2H3,(H,21,22). The minimum absolute atomic E-state index is 0.258. The lowest BCUT2D eigenvalue weighted by atomic mass is 10.2. The van der Waals surface area contributed by atoms with Gasteiger partial charge < -0.3 is 20.5 Å². The van der Waals surface area contributed by atoms with E-state index in [-0.39, 0.29) is 11.6 Å². The molecule has 2 aromatic rings. The van der Waals surface area contributed by atoms with Crippen molar-refractivity contribution < 1.29 is 14.3 Å². The minimum atomic E-state index is -0.426. The molecule has 0 spiro atoms. The molecule has 0 fully saturated rings. The maximum absolute atomic E-state index is 12.1. The molecule has 5 nitrogen and oxygen atoms in total. The second-order valence-corrected chi connectivity index (χ2v) is 6.20. The summed E-state index contributed by atoms with van der Waals surface area (Å²) in [6.45, 7) is 1.52. The van der Waals surface area contributed by atoms with Crippen molar-refractivity contribution in [2.75, 3.05) is 24.8 Å². The molecule has 0 aliphatic carbocycles. The van der Waals surface area contributed by atoms with Gasteiger partial charge in [-0.05, 0) is 30.7 Å². The van der Waals surface area contributed by atoms with Crippen LogP contribution in [-0.2, 0) is 4.79 Å². The second-order valence-electron chi connectivity index (χ2n) is 4.95. The fourth-order valence-electron chi connectivity index (χ4n) is 2.07. The molecule has 0 saturated carbocycles. The fraction of sp³-hybridized carbons (Fsp3) is 0.188. The molecule has 8 heteroatoms. The number of hydrogen-bond donors (Lipinski definition) is 2. The van der Waals surface area contributed by atoms with Crippen molar-refractivity contribution in [2.45, 2.75) is 6.92 Å². The molecule has 1 amide bonds. The van der Waals surface area contributed by atoms with Crippen LogP contribution in [0.25, 0.3) is 0 Å². The van der Waals surface area contributed by atoms with Gasteiger partial charge in [0.15, 0.2) is 6.61 Å². The molecule has 0 radical (unpaired) electrons. The highest BCUT2D eigenvalue weighted by molar-refractivity contribution is 6.36. The van der Waals surface area contributed by atoms with Crippen LogP contribution in [0, 0.1) is 6.92 Å². The number of hydrogen-bond acceptors (Lipinski definition) is 4. The van der Waals surface area contributed by atoms with Crippen LogP contribution in [0.5, 0.6) is 11.5 Å². The van der Waals surface area contributed by atoms with Crippen LogP contribution in [0.4, 0.5) is 11.4 Å². The zero-order valence-electron chi connectivity index (χ0n) is 13.0. The Morgan fingerprint density at radius 3 is 2.50 bits per heavy atom. The first-order chi connectivity index (χ1) is 11.3. The zero-order valence-corrected chi connectivity index (χ0v) is 15.2. The highest BCUT2D eigenvalue weighted by atomic mass is 35.5. The minimum Gasteiger partial charge on any atom is -0.494 e. The summed E-state index contributed by atoms with van der Waals surface area (Å²) in [6, 6.07) is 6.31. The lowest BCUT2D eigenvalue weighted by molar-refractivity contribution is -0.118. The third-order valence-electron chi connectivity index (χ3n) is 3.10. The Balaban J connectivity index is 2.10. The normalized spacial score (nSPS) is 10.4. The molecule has 0 atom stereocenters. The summed E-state index contributed by atoms with van der Waals surface area (Å²) < 4.78 is 10.6. The van der Waals surface area contributed by atoms with E-state index in [2.05, 4.69) is 5.32 Å². The molecule has 2 rings (SSSR count). The number of anilines is 2. The Bertz CT molecular complexity index is 758. The smallest absolute Gasteiger partial charge is 0.262 e. The molecule has 3 N–H and O–H groups in total. The summed E-state index contributed by atoms with van der Waals surface area (Å²) in [5.41, 5.74) is 7.16. The third kappa shape index (κ3) is 4.38. The first-order valence-electron chi connectivity index (χ1n) is 6.83. The van der Waals surface area contributed by atoms with Crippen LogP contribution < -0.4 is 20.5 Å². The van der Waals surface area contributed by atoms with E-state index in [1.165, 1.54) is 13.2 Å². The quantitative estimate of drug-likeness (QED) is 0.735. The summed E-state index contributed by atoms with van der Waals surface area (Å²) in [4.78, 5) is 12.1. The van der Waals surface area contributed by atoms with Crippen molar-refractivity contribution in [3.63, 3.8) is 0 Å². The molecule has 24 heavy (non-hydrogen) atoms. The zero-order chi connectivity index (χ0) is 17.9. The van der Waals surface area contributed by atoms with Gasteiger partial charge >= 0.3 is 0 Å². The van der Waals surface area contributed by atoms with Gasteiger partial charge in [0.05, 0.1) is 17.2 Å². The Kier molecular flexibility index (Phi) is 6.04. The van der Waals surface area contributed by atoms with E-state index in [4.69, 9.17) is 50.0 Å².